The van der Waals surface area contributed by atoms with Crippen molar-refractivity contribution in [2.75, 3.05) is 0 Å². The van der Waals surface area contributed by atoms with E-state index in [1.165, 1.54) is 19.2 Å². The van der Waals surface area contributed by atoms with Crippen LogP contribution in [0.1, 0.15) is 21.6 Å². The number of benzene rings is 1. The van der Waals surface area contributed by atoms with Gasteiger partial charge in [-0.3, -0.25) is 14.6 Å². The van der Waals surface area contributed by atoms with Crippen LogP contribution in [0, 0.1) is 0 Å². The van der Waals surface area contributed by atoms with Crippen LogP contribution in [0.5, 0.6) is 5.75 Å². The second-order valence-electron chi connectivity index (χ2n) is 5.66. The molecule has 0 aliphatic heterocycles. The van der Waals surface area contributed by atoms with Gasteiger partial charge < -0.3 is 10.1 Å². The van der Waals surface area contributed by atoms with E-state index in [4.69, 9.17) is 4.74 Å². The SMILES string of the molecule is Cn1nc(C(=O)NCc2ccc(OCc3cccnc3)cc2)ccc1=O. The molecule has 7 heteroatoms. The van der Waals surface area contributed by atoms with Crippen LogP contribution in [-0.4, -0.2) is 20.7 Å². The number of pyridine rings is 1. The number of nitrogens with one attached hydrogen (secondary N) is 1. The fourth-order valence-corrected chi connectivity index (χ4v) is 2.25. The highest BCUT2D eigenvalue weighted by molar-refractivity contribution is 5.91. The summed E-state index contributed by atoms with van der Waals surface area (Å²) in [7, 11) is 1.50. The van der Waals surface area contributed by atoms with Gasteiger partial charge in [-0.05, 0) is 29.8 Å². The van der Waals surface area contributed by atoms with E-state index in [-0.39, 0.29) is 17.2 Å². The summed E-state index contributed by atoms with van der Waals surface area (Å²) in [5, 5.41) is 6.69. The largest absolute Gasteiger partial charge is 0.489 e. The monoisotopic (exact) mass is 350 g/mol. The van der Waals surface area contributed by atoms with Gasteiger partial charge in [0.2, 0.25) is 0 Å². The zero-order valence-corrected chi connectivity index (χ0v) is 14.3. The van der Waals surface area contributed by atoms with Crippen molar-refractivity contribution in [1.29, 1.82) is 0 Å². The number of aryl methyl sites for hydroxylation is 1. The number of amides is 1. The standard InChI is InChI=1S/C19H18N4O3/c1-23-18(24)9-8-17(22-23)19(25)21-12-14-4-6-16(7-5-14)26-13-15-3-2-10-20-11-15/h2-11H,12-13H2,1H3,(H,21,25). The molecule has 0 unspecified atom stereocenters. The van der Waals surface area contributed by atoms with Gasteiger partial charge in [0.25, 0.3) is 11.5 Å². The first kappa shape index (κ1) is 17.3. The molecule has 0 aliphatic rings. The number of hydrogen-bond donors (Lipinski definition) is 1. The Morgan fingerprint density at radius 1 is 1.12 bits per heavy atom. The minimum absolute atomic E-state index is 0.198. The second-order valence-corrected chi connectivity index (χ2v) is 5.66. The first-order valence-electron chi connectivity index (χ1n) is 8.05. The topological polar surface area (TPSA) is 86.1 Å². The average molecular weight is 350 g/mol. The Balaban J connectivity index is 1.53. The van der Waals surface area contributed by atoms with Crippen LogP contribution >= 0.6 is 0 Å². The maximum atomic E-state index is 12.1. The Morgan fingerprint density at radius 2 is 1.92 bits per heavy atom. The van der Waals surface area contributed by atoms with E-state index in [1.807, 2.05) is 36.4 Å². The minimum atomic E-state index is -0.336. The van der Waals surface area contributed by atoms with E-state index in [9.17, 15) is 9.59 Å². The number of carbonyl (C=O) groups is 1. The van der Waals surface area contributed by atoms with Gasteiger partial charge in [0.05, 0.1) is 0 Å². The maximum Gasteiger partial charge on any atom is 0.271 e. The Hall–Kier alpha value is -3.48. The van der Waals surface area contributed by atoms with Crippen molar-refractivity contribution >= 4 is 5.91 Å². The van der Waals surface area contributed by atoms with Gasteiger partial charge in [0.15, 0.2) is 0 Å². The normalized spacial score (nSPS) is 10.3. The van der Waals surface area contributed by atoms with Crippen molar-refractivity contribution in [3.05, 3.63) is 88.1 Å². The van der Waals surface area contributed by atoms with Gasteiger partial charge in [0, 0.05) is 37.6 Å². The lowest BCUT2D eigenvalue weighted by molar-refractivity contribution is 0.0943. The zero-order chi connectivity index (χ0) is 18.4. The second kappa shape index (κ2) is 8.06. The molecular weight excluding hydrogens is 332 g/mol. The third kappa shape index (κ3) is 4.54. The van der Waals surface area contributed by atoms with Crippen LogP contribution in [0.4, 0.5) is 0 Å². The van der Waals surface area contributed by atoms with E-state index in [1.54, 1.807) is 12.4 Å². The molecule has 7 nitrogen and oxygen atoms in total. The highest BCUT2D eigenvalue weighted by Gasteiger charge is 2.08. The van der Waals surface area contributed by atoms with Crippen LogP contribution < -0.4 is 15.6 Å². The molecule has 0 saturated heterocycles. The molecule has 0 radical (unpaired) electrons. The molecule has 0 saturated carbocycles. The van der Waals surface area contributed by atoms with Crippen LogP contribution in [0.2, 0.25) is 0 Å². The molecule has 3 aromatic rings. The van der Waals surface area contributed by atoms with Crippen LogP contribution in [0.3, 0.4) is 0 Å². The molecular formula is C19H18N4O3. The van der Waals surface area contributed by atoms with E-state index >= 15 is 0 Å². The molecule has 1 N–H and O–H groups in total. The van der Waals surface area contributed by atoms with E-state index in [0.717, 1.165) is 21.6 Å². The summed E-state index contributed by atoms with van der Waals surface area (Å²) in [6.45, 7) is 0.800. The Bertz CT molecular complexity index is 937. The minimum Gasteiger partial charge on any atom is -0.489 e. The lowest BCUT2D eigenvalue weighted by Crippen LogP contribution is -2.28. The van der Waals surface area contributed by atoms with Gasteiger partial charge >= 0.3 is 0 Å². The summed E-state index contributed by atoms with van der Waals surface area (Å²) in [6, 6.07) is 14.0. The summed E-state index contributed by atoms with van der Waals surface area (Å²) in [6.07, 6.45) is 3.48. The molecule has 0 fully saturated rings. The van der Waals surface area contributed by atoms with Gasteiger partial charge in [0.1, 0.15) is 18.1 Å². The Kier molecular flexibility index (Phi) is 5.38. The van der Waals surface area contributed by atoms with Crippen LogP contribution in [-0.2, 0) is 20.2 Å². The van der Waals surface area contributed by atoms with Crippen LogP contribution in [0.15, 0.2) is 65.7 Å². The number of hydrogen-bond acceptors (Lipinski definition) is 5. The summed E-state index contributed by atoms with van der Waals surface area (Å²) in [5.41, 5.74) is 1.86. The Labute approximate surface area is 150 Å². The maximum absolute atomic E-state index is 12.1. The van der Waals surface area contributed by atoms with Gasteiger partial charge in [-0.15, -0.1) is 0 Å². The quantitative estimate of drug-likeness (QED) is 0.731. The third-order valence-electron chi connectivity index (χ3n) is 3.70. The number of aromatic nitrogens is 3. The number of rotatable bonds is 6. The van der Waals surface area contributed by atoms with Gasteiger partial charge in [-0.25, -0.2) is 4.68 Å². The molecule has 26 heavy (non-hydrogen) atoms. The zero-order valence-electron chi connectivity index (χ0n) is 14.3. The number of ether oxygens (including phenoxy) is 1. The smallest absolute Gasteiger partial charge is 0.271 e. The predicted molar refractivity (Wildman–Crippen MR) is 95.7 cm³/mol. The first-order valence-corrected chi connectivity index (χ1v) is 8.05. The van der Waals surface area contributed by atoms with Crippen molar-refractivity contribution in [2.45, 2.75) is 13.2 Å². The molecule has 2 heterocycles. The molecule has 0 atom stereocenters. The predicted octanol–water partition coefficient (Wildman–Crippen LogP) is 1.68. The van der Waals surface area contributed by atoms with Crippen molar-refractivity contribution in [1.82, 2.24) is 20.1 Å². The van der Waals surface area contributed by atoms with Crippen molar-refractivity contribution in [2.24, 2.45) is 7.05 Å². The summed E-state index contributed by atoms with van der Waals surface area (Å²) >= 11 is 0. The van der Waals surface area contributed by atoms with Crippen LogP contribution in [0.25, 0.3) is 0 Å². The fraction of sp³-hybridized carbons (Fsp3) is 0.158. The van der Waals surface area contributed by atoms with Gasteiger partial charge in [-0.2, -0.15) is 5.10 Å². The van der Waals surface area contributed by atoms with E-state index in [2.05, 4.69) is 15.4 Å². The first-order chi connectivity index (χ1) is 12.6. The highest BCUT2D eigenvalue weighted by Crippen LogP contribution is 2.14. The summed E-state index contributed by atoms with van der Waals surface area (Å²) in [4.78, 5) is 27.4. The van der Waals surface area contributed by atoms with Crippen molar-refractivity contribution < 1.29 is 9.53 Å². The number of nitrogens with zero attached hydrogens (tertiary/aromatic N) is 3. The average Bonchev–Trinajstić information content (AvgIpc) is 2.68. The third-order valence-corrected chi connectivity index (χ3v) is 3.70. The number of carbonyl (C=O) groups excluding carboxylic acids is 1. The molecule has 0 bridgehead atoms. The summed E-state index contributed by atoms with van der Waals surface area (Å²) in [5.74, 6) is 0.404. The lowest BCUT2D eigenvalue weighted by Gasteiger charge is -2.08. The molecule has 1 amide bonds. The van der Waals surface area contributed by atoms with Crippen molar-refractivity contribution in [3.8, 4) is 5.75 Å². The Morgan fingerprint density at radius 3 is 2.62 bits per heavy atom. The summed E-state index contributed by atoms with van der Waals surface area (Å²) < 4.78 is 6.82. The van der Waals surface area contributed by atoms with E-state index in [0.29, 0.717) is 13.2 Å². The molecule has 0 aliphatic carbocycles. The highest BCUT2D eigenvalue weighted by atomic mass is 16.5. The van der Waals surface area contributed by atoms with E-state index < -0.39 is 0 Å². The van der Waals surface area contributed by atoms with Gasteiger partial charge in [-0.1, -0.05) is 18.2 Å². The molecule has 3 rings (SSSR count). The molecule has 0 spiro atoms. The fourth-order valence-electron chi connectivity index (χ4n) is 2.25. The lowest BCUT2D eigenvalue weighted by atomic mass is 10.2. The molecule has 1 aromatic carbocycles. The molecule has 132 valence electrons. The molecule has 2 aromatic heterocycles. The van der Waals surface area contributed by atoms with Crippen molar-refractivity contribution in [3.63, 3.8) is 0 Å².